The number of hydrogen-bond acceptors (Lipinski definition) is 1. The fourth-order valence-electron chi connectivity index (χ4n) is 3.80. The van der Waals surface area contributed by atoms with Crippen molar-refractivity contribution in [2.75, 3.05) is 6.54 Å². The van der Waals surface area contributed by atoms with E-state index in [4.69, 9.17) is 11.6 Å². The van der Waals surface area contributed by atoms with Gasteiger partial charge in [-0.15, -0.1) is 0 Å². The number of nitrogens with zero attached hydrogens (tertiary/aromatic N) is 1. The normalized spacial score (nSPS) is 25.0. The Hall–Kier alpha value is -2.00. The van der Waals surface area contributed by atoms with E-state index in [0.717, 1.165) is 18.2 Å². The van der Waals surface area contributed by atoms with E-state index in [-0.39, 0.29) is 5.91 Å². The van der Waals surface area contributed by atoms with E-state index in [1.807, 2.05) is 41.2 Å². The summed E-state index contributed by atoms with van der Waals surface area (Å²) in [4.78, 5) is 12.5. The molecule has 1 fully saturated rings. The Bertz CT molecular complexity index is 751. The third kappa shape index (κ3) is 2.81. The second-order valence-corrected chi connectivity index (χ2v) is 6.91. The molecule has 0 saturated heterocycles. The molecule has 23 heavy (non-hydrogen) atoms. The summed E-state index contributed by atoms with van der Waals surface area (Å²) in [5.74, 6) is 1.85. The molecule has 0 unspecified atom stereocenters. The van der Waals surface area contributed by atoms with Crippen LogP contribution in [0.1, 0.15) is 23.2 Å². The highest BCUT2D eigenvalue weighted by atomic mass is 35.5. The first kappa shape index (κ1) is 14.6. The molecule has 1 saturated carbocycles. The van der Waals surface area contributed by atoms with Crippen molar-refractivity contribution in [1.29, 1.82) is 0 Å². The molecule has 3 nitrogen and oxygen atoms in total. The Kier molecular flexibility index (Phi) is 3.74. The maximum absolute atomic E-state index is 12.5. The summed E-state index contributed by atoms with van der Waals surface area (Å²) in [6, 6.07) is 9.46. The van der Waals surface area contributed by atoms with Crippen molar-refractivity contribution in [1.82, 2.24) is 9.88 Å². The fourth-order valence-corrected chi connectivity index (χ4v) is 4.01. The Balaban J connectivity index is 1.47. The molecule has 1 N–H and O–H groups in total. The second kappa shape index (κ2) is 5.89. The molecule has 0 aliphatic heterocycles. The predicted molar refractivity (Wildman–Crippen MR) is 92.0 cm³/mol. The first-order valence-electron chi connectivity index (χ1n) is 8.10. The first-order chi connectivity index (χ1) is 11.2. The fraction of sp³-hybridized carbons (Fsp3) is 0.316. The molecule has 2 aromatic rings. The van der Waals surface area contributed by atoms with Crippen LogP contribution in [0.5, 0.6) is 0 Å². The van der Waals surface area contributed by atoms with Gasteiger partial charge < -0.3 is 9.88 Å². The van der Waals surface area contributed by atoms with Crippen molar-refractivity contribution >= 4 is 17.5 Å². The second-order valence-electron chi connectivity index (χ2n) is 6.50. The van der Waals surface area contributed by atoms with Gasteiger partial charge in [0.1, 0.15) is 0 Å². The summed E-state index contributed by atoms with van der Waals surface area (Å²) in [6.45, 7) is 0.731. The van der Waals surface area contributed by atoms with E-state index < -0.39 is 0 Å². The Morgan fingerprint density at radius 2 is 2.04 bits per heavy atom. The van der Waals surface area contributed by atoms with Crippen molar-refractivity contribution in [3.8, 4) is 5.69 Å². The summed E-state index contributed by atoms with van der Waals surface area (Å²) in [6.07, 6.45) is 11.0. The molecular formula is C19H19ClN2O. The number of nitrogens with one attached hydrogen (secondary N) is 1. The van der Waals surface area contributed by atoms with Gasteiger partial charge >= 0.3 is 0 Å². The van der Waals surface area contributed by atoms with Crippen LogP contribution in [0.3, 0.4) is 0 Å². The average Bonchev–Trinajstić information content (AvgIpc) is 3.30. The van der Waals surface area contributed by atoms with Crippen molar-refractivity contribution < 1.29 is 4.79 Å². The molecule has 2 aliphatic carbocycles. The minimum atomic E-state index is -0.0873. The zero-order valence-corrected chi connectivity index (χ0v) is 13.5. The lowest BCUT2D eigenvalue weighted by Crippen LogP contribution is -2.31. The Labute approximate surface area is 141 Å². The summed E-state index contributed by atoms with van der Waals surface area (Å²) >= 11 is 6.23. The third-order valence-electron chi connectivity index (χ3n) is 5.04. The molecule has 4 rings (SSSR count). The maximum atomic E-state index is 12.5. The van der Waals surface area contributed by atoms with Crippen LogP contribution in [0.25, 0.3) is 5.69 Å². The van der Waals surface area contributed by atoms with Crippen LogP contribution in [0.4, 0.5) is 0 Å². The van der Waals surface area contributed by atoms with E-state index in [9.17, 15) is 4.79 Å². The summed E-state index contributed by atoms with van der Waals surface area (Å²) in [5.41, 5.74) is 1.48. The van der Waals surface area contributed by atoms with E-state index in [1.165, 1.54) is 12.8 Å². The average molecular weight is 327 g/mol. The maximum Gasteiger partial charge on any atom is 0.252 e. The van der Waals surface area contributed by atoms with Crippen LogP contribution in [0.15, 0.2) is 54.9 Å². The van der Waals surface area contributed by atoms with Gasteiger partial charge in [-0.2, -0.15) is 0 Å². The quantitative estimate of drug-likeness (QED) is 0.844. The van der Waals surface area contributed by atoms with Gasteiger partial charge in [-0.05, 0) is 60.9 Å². The smallest absolute Gasteiger partial charge is 0.252 e. The molecular weight excluding hydrogens is 308 g/mol. The monoisotopic (exact) mass is 326 g/mol. The zero-order valence-electron chi connectivity index (χ0n) is 12.8. The topological polar surface area (TPSA) is 34.0 Å². The molecule has 1 amide bonds. The summed E-state index contributed by atoms with van der Waals surface area (Å²) < 4.78 is 1.97. The van der Waals surface area contributed by atoms with Crippen LogP contribution in [-0.2, 0) is 0 Å². The van der Waals surface area contributed by atoms with Gasteiger partial charge in [0.2, 0.25) is 0 Å². The van der Waals surface area contributed by atoms with Crippen LogP contribution in [0, 0.1) is 17.8 Å². The number of fused-ring (bicyclic) bond motifs is 2. The highest BCUT2D eigenvalue weighted by Crippen LogP contribution is 2.43. The van der Waals surface area contributed by atoms with Crippen molar-refractivity contribution in [2.45, 2.75) is 12.8 Å². The zero-order chi connectivity index (χ0) is 15.8. The van der Waals surface area contributed by atoms with E-state index in [1.54, 1.807) is 6.07 Å². The standard InChI is InChI=1S/C19H19ClN2O/c20-18-6-5-16(22-7-1-2-8-22)11-17(18)19(23)21-12-15-10-13-3-4-14(15)9-13/h1-8,11,13-15H,9-10,12H2,(H,21,23)/t13-,14+,15-/m1/s1. The molecule has 1 aromatic heterocycles. The van der Waals surface area contributed by atoms with Crippen molar-refractivity contribution in [2.24, 2.45) is 17.8 Å². The molecule has 2 bridgehead atoms. The van der Waals surface area contributed by atoms with Crippen LogP contribution in [0.2, 0.25) is 5.02 Å². The number of rotatable bonds is 4. The van der Waals surface area contributed by atoms with Gasteiger partial charge in [0.25, 0.3) is 5.91 Å². The summed E-state index contributed by atoms with van der Waals surface area (Å²) in [5, 5.41) is 3.56. The summed E-state index contributed by atoms with van der Waals surface area (Å²) in [7, 11) is 0. The van der Waals surface area contributed by atoms with E-state index in [2.05, 4.69) is 17.5 Å². The lowest BCUT2D eigenvalue weighted by atomic mass is 9.93. The van der Waals surface area contributed by atoms with Gasteiger partial charge in [0, 0.05) is 24.6 Å². The molecule has 0 spiro atoms. The Morgan fingerprint density at radius 1 is 1.22 bits per heavy atom. The molecule has 1 heterocycles. The van der Waals surface area contributed by atoms with E-state index in [0.29, 0.717) is 22.4 Å². The van der Waals surface area contributed by atoms with Gasteiger partial charge in [0.15, 0.2) is 0 Å². The highest BCUT2D eigenvalue weighted by Gasteiger charge is 2.35. The van der Waals surface area contributed by atoms with Crippen molar-refractivity contribution in [3.05, 3.63) is 65.5 Å². The molecule has 1 aromatic carbocycles. The SMILES string of the molecule is O=C(NC[C@H]1C[C@@H]2C=C[C@H]1C2)c1cc(-n2cccc2)ccc1Cl. The lowest BCUT2D eigenvalue weighted by molar-refractivity contribution is 0.0945. The minimum Gasteiger partial charge on any atom is -0.352 e. The number of carbonyl (C=O) groups excluding carboxylic acids is 1. The largest absolute Gasteiger partial charge is 0.352 e. The molecule has 2 aliphatic rings. The predicted octanol–water partition coefficient (Wildman–Crippen LogP) is 4.07. The van der Waals surface area contributed by atoms with Gasteiger partial charge in [0.05, 0.1) is 10.6 Å². The highest BCUT2D eigenvalue weighted by molar-refractivity contribution is 6.33. The number of carbonyl (C=O) groups is 1. The minimum absolute atomic E-state index is 0.0873. The molecule has 3 atom stereocenters. The van der Waals surface area contributed by atoms with Gasteiger partial charge in [-0.25, -0.2) is 0 Å². The van der Waals surface area contributed by atoms with Crippen LogP contribution in [-0.4, -0.2) is 17.0 Å². The Morgan fingerprint density at radius 3 is 2.74 bits per heavy atom. The molecule has 0 radical (unpaired) electrons. The van der Waals surface area contributed by atoms with Crippen LogP contribution < -0.4 is 5.32 Å². The van der Waals surface area contributed by atoms with Crippen molar-refractivity contribution in [3.63, 3.8) is 0 Å². The molecule has 4 heteroatoms. The number of hydrogen-bond donors (Lipinski definition) is 1. The van der Waals surface area contributed by atoms with Gasteiger partial charge in [-0.1, -0.05) is 23.8 Å². The third-order valence-corrected chi connectivity index (χ3v) is 5.37. The number of amides is 1. The molecule has 118 valence electrons. The van der Waals surface area contributed by atoms with Gasteiger partial charge in [-0.3, -0.25) is 4.79 Å². The number of benzene rings is 1. The first-order valence-corrected chi connectivity index (χ1v) is 8.48. The number of aromatic nitrogens is 1. The number of allylic oxidation sites excluding steroid dienone is 2. The van der Waals surface area contributed by atoms with E-state index >= 15 is 0 Å². The van der Waals surface area contributed by atoms with Crippen LogP contribution >= 0.6 is 11.6 Å². The lowest BCUT2D eigenvalue weighted by Gasteiger charge is -2.19. The number of halogens is 1.